The van der Waals surface area contributed by atoms with Crippen molar-refractivity contribution < 1.29 is 63.0 Å². The number of aliphatic hydroxyl groups is 3. The molecule has 3 N–H and O–H groups in total. The molecule has 0 saturated carbocycles. The Morgan fingerprint density at radius 3 is 1.95 bits per heavy atom. The Hall–Kier alpha value is -3.29. The Labute approximate surface area is 334 Å². The summed E-state index contributed by atoms with van der Waals surface area (Å²) in [4.78, 5) is 61.8. The number of carbonyl (C=O) groups excluding carboxylic acids is 5. The molecule has 0 saturated heterocycles. The second-order valence-corrected chi connectivity index (χ2v) is 16.0. The monoisotopic (exact) mass is 796 g/mol. The van der Waals surface area contributed by atoms with Crippen molar-refractivity contribution in [3.05, 3.63) is 23.3 Å². The predicted octanol–water partition coefficient (Wildman–Crippen LogP) is 6.61. The van der Waals surface area contributed by atoms with Crippen LogP contribution in [0.5, 0.6) is 0 Å². The lowest BCUT2D eigenvalue weighted by Crippen LogP contribution is -2.39. The van der Waals surface area contributed by atoms with Gasteiger partial charge in [-0.05, 0) is 90.6 Å². The van der Waals surface area contributed by atoms with Crippen LogP contribution in [0.3, 0.4) is 0 Å². The van der Waals surface area contributed by atoms with Crippen LogP contribution < -0.4 is 0 Å². The minimum absolute atomic E-state index is 0.0585. The molecule has 1 heterocycles. The molecular formula is C43H72O13. The highest BCUT2D eigenvalue weighted by Crippen LogP contribution is 2.28. The molecule has 322 valence electrons. The van der Waals surface area contributed by atoms with Crippen molar-refractivity contribution >= 4 is 29.8 Å². The SMILES string of the molecule is CCC[C@H](C/C(C)=C/C1OC(=O)[C@@H](C)[C@@H](O)[C@H](C)CCC(OC(C)=O)CC(OC(C)=O)C[C@@H](OC(C)=O)CC/C(C)=C\CCC[C@@H](O)C[C@H](O)[C@@H]1C)OC(C)=O. The molecule has 0 bridgehead atoms. The van der Waals surface area contributed by atoms with Gasteiger partial charge in [0, 0.05) is 52.9 Å². The summed E-state index contributed by atoms with van der Waals surface area (Å²) in [5.74, 6) is -4.66. The number of hydrogen-bond acceptors (Lipinski definition) is 13. The topological polar surface area (TPSA) is 192 Å². The van der Waals surface area contributed by atoms with Gasteiger partial charge in [0.2, 0.25) is 0 Å². The Morgan fingerprint density at radius 1 is 0.821 bits per heavy atom. The van der Waals surface area contributed by atoms with E-state index in [1.807, 2.05) is 20.8 Å². The fourth-order valence-electron chi connectivity index (χ4n) is 7.21. The summed E-state index contributed by atoms with van der Waals surface area (Å²) in [6.45, 7) is 16.1. The first-order valence-corrected chi connectivity index (χ1v) is 20.5. The van der Waals surface area contributed by atoms with Gasteiger partial charge in [-0.3, -0.25) is 24.0 Å². The maximum Gasteiger partial charge on any atom is 0.311 e. The maximum absolute atomic E-state index is 13.7. The molecule has 0 aromatic carbocycles. The Morgan fingerprint density at radius 2 is 1.39 bits per heavy atom. The number of rotatable bonds is 9. The highest BCUT2D eigenvalue weighted by Gasteiger charge is 2.34. The zero-order valence-electron chi connectivity index (χ0n) is 35.6. The first-order valence-electron chi connectivity index (χ1n) is 20.5. The fraction of sp³-hybridized carbons (Fsp3) is 0.791. The lowest BCUT2D eigenvalue weighted by atomic mass is 9.87. The standard InChI is InChI=1S/C43H72O13/c1-11-14-36(52-31(7)44)21-27(3)22-41-29(5)40(49)23-35(48)16-13-12-15-26(2)17-19-37(53-32(8)45)24-39(55-34(10)47)25-38(54-33(9)46)20-18-28(4)42(50)30(6)43(51)56-41/h15,22,28-30,35-42,48-50H,11-14,16-21,23-25H2,1-10H3/b26-15-,27-22+/t28-,29+,30+,35-,36-,37+,38?,39?,40+,41?,42+/m1/s1. The van der Waals surface area contributed by atoms with Gasteiger partial charge in [-0.15, -0.1) is 0 Å². The van der Waals surface area contributed by atoms with Crippen molar-refractivity contribution in [2.24, 2.45) is 17.8 Å². The Kier molecular flexibility index (Phi) is 24.1. The van der Waals surface area contributed by atoms with Crippen molar-refractivity contribution in [1.82, 2.24) is 0 Å². The molecule has 1 aliphatic heterocycles. The molecule has 0 amide bonds. The quantitative estimate of drug-likeness (QED) is 0.128. The van der Waals surface area contributed by atoms with E-state index >= 15 is 0 Å². The molecule has 13 nitrogen and oxygen atoms in total. The molecule has 13 heteroatoms. The predicted molar refractivity (Wildman–Crippen MR) is 211 cm³/mol. The summed E-state index contributed by atoms with van der Waals surface area (Å²) in [5, 5.41) is 33.6. The van der Waals surface area contributed by atoms with Crippen molar-refractivity contribution in [3.63, 3.8) is 0 Å². The summed E-state index contributed by atoms with van der Waals surface area (Å²) >= 11 is 0. The third kappa shape index (κ3) is 21.3. The number of allylic oxidation sites excluding steroid dienone is 2. The molecule has 0 aromatic rings. The van der Waals surface area contributed by atoms with E-state index in [1.54, 1.807) is 26.8 Å². The number of ether oxygens (including phenoxy) is 5. The van der Waals surface area contributed by atoms with Crippen LogP contribution in [0.4, 0.5) is 0 Å². The van der Waals surface area contributed by atoms with Gasteiger partial charge >= 0.3 is 29.8 Å². The zero-order chi connectivity index (χ0) is 42.5. The third-order valence-corrected chi connectivity index (χ3v) is 10.4. The normalized spacial score (nSPS) is 31.6. The molecule has 11 atom stereocenters. The molecule has 1 rings (SSSR count). The maximum atomic E-state index is 13.7. The molecule has 1 aliphatic rings. The van der Waals surface area contributed by atoms with Crippen LogP contribution in [0.15, 0.2) is 23.3 Å². The smallest absolute Gasteiger partial charge is 0.311 e. The van der Waals surface area contributed by atoms with Crippen molar-refractivity contribution in [2.75, 3.05) is 0 Å². The van der Waals surface area contributed by atoms with Crippen molar-refractivity contribution in [3.8, 4) is 0 Å². The summed E-state index contributed by atoms with van der Waals surface area (Å²) in [6.07, 6.45) is 3.25. The first kappa shape index (κ1) is 50.7. The molecule has 3 unspecified atom stereocenters. The van der Waals surface area contributed by atoms with E-state index < -0.39 is 84.4 Å². The zero-order valence-corrected chi connectivity index (χ0v) is 35.6. The van der Waals surface area contributed by atoms with Gasteiger partial charge in [-0.25, -0.2) is 0 Å². The number of cyclic esters (lactones) is 1. The van der Waals surface area contributed by atoms with Gasteiger partial charge < -0.3 is 39.0 Å². The van der Waals surface area contributed by atoms with E-state index in [1.165, 1.54) is 27.7 Å². The van der Waals surface area contributed by atoms with Gasteiger partial charge in [-0.1, -0.05) is 44.4 Å². The number of esters is 5. The Balaban J connectivity index is 3.50. The Bertz CT molecular complexity index is 1290. The van der Waals surface area contributed by atoms with Gasteiger partial charge in [0.25, 0.3) is 0 Å². The summed E-state index contributed by atoms with van der Waals surface area (Å²) < 4.78 is 28.4. The van der Waals surface area contributed by atoms with Crippen LogP contribution >= 0.6 is 0 Å². The lowest BCUT2D eigenvalue weighted by molar-refractivity contribution is -0.160. The fourth-order valence-corrected chi connectivity index (χ4v) is 7.21. The minimum atomic E-state index is -1.15. The van der Waals surface area contributed by atoms with Gasteiger partial charge in [0.1, 0.15) is 30.5 Å². The van der Waals surface area contributed by atoms with E-state index in [-0.39, 0.29) is 37.8 Å². The van der Waals surface area contributed by atoms with E-state index in [0.29, 0.717) is 51.4 Å². The van der Waals surface area contributed by atoms with Gasteiger partial charge in [0.15, 0.2) is 0 Å². The van der Waals surface area contributed by atoms with Gasteiger partial charge in [0.05, 0.1) is 24.2 Å². The van der Waals surface area contributed by atoms with E-state index in [9.17, 15) is 39.3 Å². The molecule has 0 radical (unpaired) electrons. The largest absolute Gasteiger partial charge is 0.462 e. The number of carbonyl (C=O) groups is 5. The average molecular weight is 797 g/mol. The van der Waals surface area contributed by atoms with E-state index in [0.717, 1.165) is 17.6 Å². The van der Waals surface area contributed by atoms with Gasteiger partial charge in [-0.2, -0.15) is 0 Å². The van der Waals surface area contributed by atoms with Crippen LogP contribution in [0.25, 0.3) is 0 Å². The lowest BCUT2D eigenvalue weighted by Gasteiger charge is -2.31. The van der Waals surface area contributed by atoms with Crippen LogP contribution in [-0.4, -0.2) is 94.0 Å². The number of aliphatic hydroxyl groups excluding tert-OH is 3. The summed E-state index contributed by atoms with van der Waals surface area (Å²) in [7, 11) is 0. The summed E-state index contributed by atoms with van der Waals surface area (Å²) in [5.41, 5.74) is 1.85. The minimum Gasteiger partial charge on any atom is -0.462 e. The number of hydrogen-bond donors (Lipinski definition) is 3. The van der Waals surface area contributed by atoms with Crippen molar-refractivity contribution in [2.45, 2.75) is 202 Å². The van der Waals surface area contributed by atoms with E-state index in [4.69, 9.17) is 23.7 Å². The first-order chi connectivity index (χ1) is 26.2. The van der Waals surface area contributed by atoms with Crippen LogP contribution in [-0.2, 0) is 47.7 Å². The molecule has 0 aromatic heterocycles. The molecule has 0 fully saturated rings. The molecule has 0 spiro atoms. The third-order valence-electron chi connectivity index (χ3n) is 10.4. The van der Waals surface area contributed by atoms with Crippen molar-refractivity contribution in [1.29, 1.82) is 0 Å². The highest BCUT2D eigenvalue weighted by molar-refractivity contribution is 5.73. The average Bonchev–Trinajstić information content (AvgIpc) is 3.08. The van der Waals surface area contributed by atoms with E-state index in [2.05, 4.69) is 6.08 Å². The van der Waals surface area contributed by atoms with Crippen LogP contribution in [0.1, 0.15) is 153 Å². The molecule has 56 heavy (non-hydrogen) atoms. The second-order valence-electron chi connectivity index (χ2n) is 16.0. The summed E-state index contributed by atoms with van der Waals surface area (Å²) in [6, 6.07) is 0. The highest BCUT2D eigenvalue weighted by atomic mass is 16.6. The second kappa shape index (κ2) is 26.6. The van der Waals surface area contributed by atoms with Crippen LogP contribution in [0, 0.1) is 17.8 Å². The molecule has 0 aliphatic carbocycles. The van der Waals surface area contributed by atoms with Crippen LogP contribution in [0.2, 0.25) is 0 Å². The molecular weight excluding hydrogens is 724 g/mol.